The molecule has 5 heteroatoms. The number of rotatable bonds is 3. The number of aromatic nitrogens is 1. The Kier molecular flexibility index (Phi) is 3.59. The Hall–Kier alpha value is -2.95. The molecule has 0 radical (unpaired) electrons. The molecule has 2 bridgehead atoms. The summed E-state index contributed by atoms with van der Waals surface area (Å²) in [5.41, 5.74) is 5.37. The summed E-state index contributed by atoms with van der Waals surface area (Å²) in [6.07, 6.45) is 7.22. The molecule has 6 atom stereocenters. The summed E-state index contributed by atoms with van der Waals surface area (Å²) in [6, 6.07) is 10.4. The van der Waals surface area contributed by atoms with Crippen LogP contribution in [-0.2, 0) is 9.59 Å². The minimum atomic E-state index is -0.201. The fourth-order valence-electron chi connectivity index (χ4n) is 6.18. The van der Waals surface area contributed by atoms with Crippen molar-refractivity contribution in [2.45, 2.75) is 27.2 Å². The molecule has 5 nitrogen and oxygen atoms in total. The van der Waals surface area contributed by atoms with Gasteiger partial charge in [0.05, 0.1) is 18.1 Å². The smallest absolute Gasteiger partial charge is 0.254 e. The number of nitrogens with zero attached hydrogens (tertiary/aromatic N) is 3. The van der Waals surface area contributed by atoms with Crippen LogP contribution in [0.3, 0.4) is 0 Å². The van der Waals surface area contributed by atoms with Gasteiger partial charge in [-0.3, -0.25) is 9.59 Å². The van der Waals surface area contributed by atoms with Crippen molar-refractivity contribution >= 4 is 18.0 Å². The largest absolute Gasteiger partial charge is 0.318 e. The Morgan fingerprint density at radius 3 is 2.13 bits per heavy atom. The van der Waals surface area contributed by atoms with Crippen molar-refractivity contribution in [1.29, 1.82) is 0 Å². The molecule has 0 N–H and O–H groups in total. The molecule has 7 rings (SSSR count). The van der Waals surface area contributed by atoms with Crippen LogP contribution in [0.4, 0.5) is 0 Å². The van der Waals surface area contributed by atoms with Crippen molar-refractivity contribution < 1.29 is 9.59 Å². The molecular formula is C25H25N3O2. The van der Waals surface area contributed by atoms with E-state index in [1.807, 2.05) is 6.92 Å². The van der Waals surface area contributed by atoms with Crippen LogP contribution in [0.1, 0.15) is 28.9 Å². The van der Waals surface area contributed by atoms with Crippen molar-refractivity contribution in [1.82, 2.24) is 9.58 Å². The molecule has 1 aromatic heterocycles. The molecule has 4 aliphatic carbocycles. The van der Waals surface area contributed by atoms with Gasteiger partial charge in [0.25, 0.3) is 11.8 Å². The summed E-state index contributed by atoms with van der Waals surface area (Å²) >= 11 is 0. The number of allylic oxidation sites excluding steroid dienone is 2. The quantitative estimate of drug-likeness (QED) is 0.448. The van der Waals surface area contributed by atoms with E-state index in [-0.39, 0.29) is 35.5 Å². The zero-order valence-corrected chi connectivity index (χ0v) is 17.4. The topological polar surface area (TPSA) is 54.7 Å². The highest BCUT2D eigenvalue weighted by Gasteiger charge is 2.67. The van der Waals surface area contributed by atoms with Crippen molar-refractivity contribution in [3.05, 3.63) is 65.0 Å². The molecule has 0 unspecified atom stereocenters. The van der Waals surface area contributed by atoms with Crippen molar-refractivity contribution in [3.8, 4) is 5.69 Å². The van der Waals surface area contributed by atoms with Gasteiger partial charge in [0.1, 0.15) is 0 Å². The van der Waals surface area contributed by atoms with E-state index < -0.39 is 0 Å². The van der Waals surface area contributed by atoms with Crippen LogP contribution in [0.25, 0.3) is 5.69 Å². The van der Waals surface area contributed by atoms with E-state index in [1.54, 1.807) is 6.21 Å². The predicted molar refractivity (Wildman–Crippen MR) is 114 cm³/mol. The first-order valence-corrected chi connectivity index (χ1v) is 10.8. The lowest BCUT2D eigenvalue weighted by Crippen LogP contribution is -2.40. The lowest BCUT2D eigenvalue weighted by molar-refractivity contribution is -0.140. The van der Waals surface area contributed by atoms with Crippen molar-refractivity contribution in [3.63, 3.8) is 0 Å². The summed E-state index contributed by atoms with van der Waals surface area (Å²) in [5, 5.41) is 5.57. The van der Waals surface area contributed by atoms with Crippen molar-refractivity contribution in [2.24, 2.45) is 40.6 Å². The highest BCUT2D eigenvalue weighted by atomic mass is 16.2. The average Bonchev–Trinajstić information content (AvgIpc) is 3.46. The Bertz CT molecular complexity index is 1100. The fraction of sp³-hybridized carbons (Fsp3) is 0.400. The van der Waals surface area contributed by atoms with Gasteiger partial charge < -0.3 is 4.57 Å². The molecule has 3 fully saturated rings. The van der Waals surface area contributed by atoms with Gasteiger partial charge in [0.15, 0.2) is 0 Å². The van der Waals surface area contributed by atoms with E-state index >= 15 is 0 Å². The van der Waals surface area contributed by atoms with Crippen LogP contribution in [0, 0.1) is 56.3 Å². The maximum Gasteiger partial charge on any atom is 0.254 e. The van der Waals surface area contributed by atoms with E-state index in [0.717, 1.165) is 27.6 Å². The number of hydrogen-bond acceptors (Lipinski definition) is 3. The maximum absolute atomic E-state index is 13.1. The second kappa shape index (κ2) is 6.03. The first-order valence-electron chi connectivity index (χ1n) is 10.8. The SMILES string of the molecule is Cc1ccc(-n2c(C)cc(/C=N\N3C(=O)[C@@H]4[C@H]5C=C[C@@H]([C@@H]6C[C@H]56)[C@@H]4C3=O)c2C)cc1. The summed E-state index contributed by atoms with van der Waals surface area (Å²) in [7, 11) is 0. The van der Waals surface area contributed by atoms with Gasteiger partial charge in [-0.2, -0.15) is 10.1 Å². The normalized spacial score (nSPS) is 33.5. The van der Waals surface area contributed by atoms with E-state index in [2.05, 4.69) is 66.0 Å². The lowest BCUT2D eigenvalue weighted by atomic mass is 9.63. The molecule has 1 aliphatic heterocycles. The second-order valence-electron chi connectivity index (χ2n) is 9.38. The molecule has 5 aliphatic rings. The number of carbonyl (C=O) groups excluding carboxylic acids is 2. The molecule has 2 saturated carbocycles. The molecule has 1 aromatic carbocycles. The molecule has 152 valence electrons. The van der Waals surface area contributed by atoms with Crippen LogP contribution < -0.4 is 0 Å². The Balaban J connectivity index is 1.30. The number of carbonyl (C=O) groups is 2. The Labute approximate surface area is 176 Å². The summed E-state index contributed by atoms with van der Waals surface area (Å²) in [4.78, 5) is 26.2. The number of amides is 2. The minimum absolute atomic E-state index is 0.113. The third kappa shape index (κ3) is 2.32. The second-order valence-corrected chi connectivity index (χ2v) is 9.38. The monoisotopic (exact) mass is 399 g/mol. The highest BCUT2D eigenvalue weighted by Crippen LogP contribution is 2.65. The molecule has 2 aromatic rings. The number of imide groups is 1. The molecular weight excluding hydrogens is 374 g/mol. The highest BCUT2D eigenvalue weighted by molar-refractivity contribution is 6.06. The predicted octanol–water partition coefficient (Wildman–Crippen LogP) is 3.79. The van der Waals surface area contributed by atoms with Gasteiger partial charge in [-0.15, -0.1) is 0 Å². The van der Waals surface area contributed by atoms with Gasteiger partial charge >= 0.3 is 0 Å². The summed E-state index contributed by atoms with van der Waals surface area (Å²) in [6.45, 7) is 6.17. The average molecular weight is 399 g/mol. The van der Waals surface area contributed by atoms with E-state index in [0.29, 0.717) is 11.8 Å². The Morgan fingerprint density at radius 2 is 1.53 bits per heavy atom. The van der Waals surface area contributed by atoms with Gasteiger partial charge in [0, 0.05) is 22.6 Å². The van der Waals surface area contributed by atoms with Crippen LogP contribution in [0.5, 0.6) is 0 Å². The molecule has 30 heavy (non-hydrogen) atoms. The van der Waals surface area contributed by atoms with E-state index in [9.17, 15) is 9.59 Å². The van der Waals surface area contributed by atoms with Crippen LogP contribution in [0.2, 0.25) is 0 Å². The maximum atomic E-state index is 13.1. The summed E-state index contributed by atoms with van der Waals surface area (Å²) < 4.78 is 2.17. The van der Waals surface area contributed by atoms with Crippen LogP contribution >= 0.6 is 0 Å². The fourth-order valence-corrected chi connectivity index (χ4v) is 6.18. The first kappa shape index (κ1) is 17.9. The molecule has 1 saturated heterocycles. The molecule has 2 amide bonds. The van der Waals surface area contributed by atoms with E-state index in [4.69, 9.17) is 0 Å². The number of benzene rings is 1. The standard InChI is InChI=1S/C25H25N3O2/c1-13-4-6-17(7-5-13)27-14(2)10-16(15(27)3)12-26-28-24(29)22-18-8-9-19(21-11-20(18)21)23(22)25(28)30/h4-10,12,18-23H,11H2,1-3H3/b26-12-/t18-,19-,20-,21+,22-,23+/m0/s1. The van der Waals surface area contributed by atoms with E-state index in [1.165, 1.54) is 12.0 Å². The number of hydrazone groups is 1. The first-order chi connectivity index (χ1) is 14.5. The number of hydrogen-bond donors (Lipinski definition) is 0. The van der Waals surface area contributed by atoms with Crippen LogP contribution in [0.15, 0.2) is 47.6 Å². The third-order valence-electron chi connectivity index (χ3n) is 7.71. The van der Waals surface area contributed by atoms with Crippen LogP contribution in [-0.4, -0.2) is 27.6 Å². The third-order valence-corrected chi connectivity index (χ3v) is 7.71. The minimum Gasteiger partial charge on any atom is -0.318 e. The molecule has 2 heterocycles. The van der Waals surface area contributed by atoms with Gasteiger partial charge in [-0.25, -0.2) is 0 Å². The van der Waals surface area contributed by atoms with Gasteiger partial charge in [-0.05, 0) is 69.1 Å². The van der Waals surface area contributed by atoms with Crippen molar-refractivity contribution in [2.75, 3.05) is 0 Å². The zero-order valence-electron chi connectivity index (χ0n) is 17.4. The number of aryl methyl sites for hydroxylation is 2. The summed E-state index contributed by atoms with van der Waals surface area (Å²) in [5.74, 6) is 1.05. The van der Waals surface area contributed by atoms with Gasteiger partial charge in [0.2, 0.25) is 0 Å². The molecule has 0 spiro atoms. The lowest BCUT2D eigenvalue weighted by Gasteiger charge is -2.37. The Morgan fingerprint density at radius 1 is 0.933 bits per heavy atom. The zero-order chi connectivity index (χ0) is 20.7. The van der Waals surface area contributed by atoms with Gasteiger partial charge in [-0.1, -0.05) is 29.8 Å².